The molecule has 0 fully saturated rings. The van der Waals surface area contributed by atoms with E-state index in [2.05, 4.69) is 0 Å². The van der Waals surface area contributed by atoms with Crippen molar-refractivity contribution in [3.63, 3.8) is 0 Å². The van der Waals surface area contributed by atoms with Crippen LogP contribution in [0.25, 0.3) is 10.8 Å². The molecule has 0 aromatic heterocycles. The van der Waals surface area contributed by atoms with E-state index >= 15 is 0 Å². The topological polar surface area (TPSA) is 275 Å². The van der Waals surface area contributed by atoms with E-state index in [-0.39, 0.29) is 62.9 Å². The van der Waals surface area contributed by atoms with Gasteiger partial charge in [0.1, 0.15) is 13.2 Å². The predicted molar refractivity (Wildman–Crippen MR) is 286 cm³/mol. The zero-order chi connectivity index (χ0) is 54.6. The van der Waals surface area contributed by atoms with Crippen molar-refractivity contribution in [3.05, 3.63) is 36.4 Å². The molecule has 0 radical (unpaired) electrons. The molecule has 0 heterocycles. The van der Waals surface area contributed by atoms with E-state index in [0.717, 1.165) is 10.8 Å². The van der Waals surface area contributed by atoms with Crippen molar-refractivity contribution in [1.82, 2.24) is 0 Å². The van der Waals surface area contributed by atoms with Crippen LogP contribution in [0.5, 0.6) is 11.5 Å². The zero-order valence-corrected chi connectivity index (χ0v) is 46.1. The molecule has 2 aromatic rings. The quantitative estimate of drug-likeness (QED) is 0.0547. The van der Waals surface area contributed by atoms with Crippen LogP contribution in [-0.4, -0.2) is 313 Å². The summed E-state index contributed by atoms with van der Waals surface area (Å²) in [7, 11) is -7.81. The first kappa shape index (κ1) is 74.1. The average Bonchev–Trinajstić information content (AvgIpc) is 3.39. The van der Waals surface area contributed by atoms with Gasteiger partial charge in [-0.15, -0.1) is 0 Å². The van der Waals surface area contributed by atoms with Crippen molar-refractivity contribution in [2.75, 3.05) is 236 Å². The maximum absolute atomic E-state index is 10.6. The molecular weight excluding hydrogens is 1090 g/mol. The standard InChI is InChI=1S/C50H88O24S2.K.H/c51-75(52,53)43-5-3-9-57-11-13-59-15-17-61-19-21-63-23-25-65-27-29-67-31-33-69-35-37-71-39-41-73-49-45-47-7-1-2-8-48(47)46-50(49)74-42-40-72-38-36-70-34-32-68-30-28-66-26-24-64-22-20-62-18-16-60-14-12-58-10-4-6-44-76(54,55)56;;/h1-2,7-8,45-46H,3-6,9-44H2,(H,51,52,53)(H,54,55,56);;. The Kier molecular flexibility index (Phi) is 52.3. The van der Waals surface area contributed by atoms with Crippen LogP contribution in [0.1, 0.15) is 25.7 Å². The molecule has 0 unspecified atom stereocenters. The van der Waals surface area contributed by atoms with Crippen LogP contribution in [0, 0.1) is 0 Å². The number of hydrogen-bond acceptors (Lipinski definition) is 22. The summed E-state index contributed by atoms with van der Waals surface area (Å²) in [5, 5.41) is 2.08. The van der Waals surface area contributed by atoms with Crippen molar-refractivity contribution in [2.24, 2.45) is 0 Å². The van der Waals surface area contributed by atoms with Crippen molar-refractivity contribution in [3.8, 4) is 11.5 Å². The Morgan fingerprint density at radius 3 is 0.649 bits per heavy atom. The Balaban J connectivity index is 0.0000296. The first-order valence-corrected chi connectivity index (χ1v) is 29.3. The monoisotopic (exact) mass is 1180 g/mol. The second kappa shape index (κ2) is 54.4. The summed E-state index contributed by atoms with van der Waals surface area (Å²) in [5.74, 6) is 0.747. The summed E-state index contributed by atoms with van der Waals surface area (Å²) in [6.07, 6.45) is 1.82. The fourth-order valence-corrected chi connectivity index (χ4v) is 7.24. The Hall–Kier alpha value is -0.884. The molecule has 0 aliphatic heterocycles. The van der Waals surface area contributed by atoms with Gasteiger partial charge in [-0.1, -0.05) is 24.3 Å². The van der Waals surface area contributed by atoms with Crippen LogP contribution in [0.3, 0.4) is 0 Å². The van der Waals surface area contributed by atoms with E-state index in [1.54, 1.807) is 0 Å². The summed E-state index contributed by atoms with van der Waals surface area (Å²) < 4.78 is 160. The molecule has 27 heteroatoms. The Labute approximate surface area is 499 Å². The normalized spacial score (nSPS) is 11.9. The number of rotatable bonds is 60. The van der Waals surface area contributed by atoms with Gasteiger partial charge in [0.25, 0.3) is 20.2 Å². The van der Waals surface area contributed by atoms with Crippen LogP contribution < -0.4 is 9.47 Å². The molecule has 77 heavy (non-hydrogen) atoms. The van der Waals surface area contributed by atoms with Gasteiger partial charge >= 0.3 is 51.4 Å². The van der Waals surface area contributed by atoms with E-state index in [1.165, 1.54) is 0 Å². The molecule has 0 aliphatic carbocycles. The first-order valence-electron chi connectivity index (χ1n) is 26.1. The van der Waals surface area contributed by atoms with Crippen molar-refractivity contribution in [1.29, 1.82) is 0 Å². The summed E-state index contributed by atoms with van der Waals surface area (Å²) >= 11 is 0. The van der Waals surface area contributed by atoms with Gasteiger partial charge in [0.15, 0.2) is 11.5 Å². The first-order chi connectivity index (χ1) is 37.1. The summed E-state index contributed by atoms with van der Waals surface area (Å²) in [4.78, 5) is 0. The number of benzene rings is 2. The molecule has 24 nitrogen and oxygen atoms in total. The summed E-state index contributed by atoms with van der Waals surface area (Å²) in [6, 6.07) is 11.9. The maximum atomic E-state index is 10.6. The molecule has 0 spiro atoms. The second-order valence-corrected chi connectivity index (χ2v) is 19.3. The third-order valence-electron chi connectivity index (χ3n) is 9.87. The van der Waals surface area contributed by atoms with Gasteiger partial charge in [-0.3, -0.25) is 9.11 Å². The number of fused-ring (bicyclic) bond motifs is 1. The molecule has 0 saturated heterocycles. The molecule has 0 amide bonds. The molecule has 2 rings (SSSR count). The van der Waals surface area contributed by atoms with Crippen LogP contribution in [0.15, 0.2) is 36.4 Å². The minimum atomic E-state index is -3.91. The average molecular weight is 1180 g/mol. The molecule has 0 bridgehead atoms. The van der Waals surface area contributed by atoms with E-state index < -0.39 is 20.2 Å². The summed E-state index contributed by atoms with van der Waals surface area (Å²) in [6.45, 7) is 14.6. The van der Waals surface area contributed by atoms with Gasteiger partial charge in [0.05, 0.1) is 210 Å². The molecule has 446 valence electrons. The second-order valence-electron chi connectivity index (χ2n) is 16.1. The molecule has 2 aromatic carbocycles. The molecule has 2 N–H and O–H groups in total. The molecule has 0 aliphatic rings. The van der Waals surface area contributed by atoms with Crippen LogP contribution in [0.4, 0.5) is 0 Å². The third kappa shape index (κ3) is 51.7. The molecule has 0 saturated carbocycles. The third-order valence-corrected chi connectivity index (χ3v) is 11.5. The zero-order valence-electron chi connectivity index (χ0n) is 44.4. The molecular formula is C50H89KO24S2. The molecule has 0 atom stereocenters. The van der Waals surface area contributed by atoms with Crippen molar-refractivity contribution >= 4 is 82.4 Å². The minimum absolute atomic E-state index is 0. The van der Waals surface area contributed by atoms with Crippen LogP contribution in [0.2, 0.25) is 0 Å². The van der Waals surface area contributed by atoms with E-state index in [9.17, 15) is 16.8 Å². The Morgan fingerprint density at radius 1 is 0.273 bits per heavy atom. The predicted octanol–water partition coefficient (Wildman–Crippen LogP) is 2.55. The number of ether oxygens (including phenoxy) is 18. The number of unbranched alkanes of at least 4 members (excludes halogenated alkanes) is 2. The van der Waals surface area contributed by atoms with Crippen molar-refractivity contribution < 1.29 is 111 Å². The van der Waals surface area contributed by atoms with E-state index in [1.807, 2.05) is 36.4 Å². The van der Waals surface area contributed by atoms with E-state index in [0.29, 0.717) is 262 Å². The van der Waals surface area contributed by atoms with Crippen LogP contribution in [-0.2, 0) is 96.0 Å². The van der Waals surface area contributed by atoms with Gasteiger partial charge in [-0.2, -0.15) is 16.8 Å². The SMILES string of the molecule is O=S(=O)(O)CCCCOCCOCCOCCOCCOCCOCCOCCOCCOc1cc2ccccc2cc1OCCOCCOCCOCCOCCOCCOCCOCCOCCCCS(=O)(=O)O.[KH]. The fraction of sp³-hybridized carbons (Fsp3) is 0.800. The van der Waals surface area contributed by atoms with Gasteiger partial charge in [0, 0.05) is 13.2 Å². The van der Waals surface area contributed by atoms with Gasteiger partial charge in [-0.25, -0.2) is 0 Å². The van der Waals surface area contributed by atoms with Gasteiger partial charge in [-0.05, 0) is 48.6 Å². The van der Waals surface area contributed by atoms with Gasteiger partial charge < -0.3 is 85.3 Å². The van der Waals surface area contributed by atoms with E-state index in [4.69, 9.17) is 94.4 Å². The fourth-order valence-electron chi connectivity index (χ4n) is 6.11. The Bertz CT molecular complexity index is 1690. The number of hydrogen-bond donors (Lipinski definition) is 2. The Morgan fingerprint density at radius 2 is 0.455 bits per heavy atom. The van der Waals surface area contributed by atoms with Gasteiger partial charge in [0.2, 0.25) is 0 Å². The van der Waals surface area contributed by atoms with Crippen molar-refractivity contribution in [2.45, 2.75) is 25.7 Å². The summed E-state index contributed by atoms with van der Waals surface area (Å²) in [5.41, 5.74) is 0. The van der Waals surface area contributed by atoms with Crippen LogP contribution >= 0.6 is 0 Å².